The summed E-state index contributed by atoms with van der Waals surface area (Å²) in [6.45, 7) is 5.77. The number of carbonyl (C=O) groups is 2. The van der Waals surface area contributed by atoms with Crippen molar-refractivity contribution in [2.75, 3.05) is 35.2 Å². The Morgan fingerprint density at radius 3 is 1.85 bits per heavy atom. The van der Waals surface area contributed by atoms with Gasteiger partial charge in [-0.15, -0.1) is 0 Å². The van der Waals surface area contributed by atoms with Gasteiger partial charge < -0.3 is 10.6 Å². The summed E-state index contributed by atoms with van der Waals surface area (Å²) in [7, 11) is -2.90. The van der Waals surface area contributed by atoms with Gasteiger partial charge in [-0.3, -0.25) is 14.5 Å². The summed E-state index contributed by atoms with van der Waals surface area (Å²) in [5.74, 6) is 0.0357. The first kappa shape index (κ1) is 28.3. The van der Waals surface area contributed by atoms with Crippen molar-refractivity contribution in [3.63, 3.8) is 0 Å². The van der Waals surface area contributed by atoms with Crippen LogP contribution in [0.5, 0.6) is 0 Å². The molecule has 0 atom stereocenters. The third-order valence-corrected chi connectivity index (χ3v) is 8.93. The number of sulfone groups is 1. The van der Waals surface area contributed by atoms with E-state index in [0.29, 0.717) is 42.1 Å². The van der Waals surface area contributed by atoms with E-state index >= 15 is 0 Å². The lowest BCUT2D eigenvalue weighted by Crippen LogP contribution is -2.39. The second-order valence-corrected chi connectivity index (χ2v) is 12.8. The molecule has 7 nitrogen and oxygen atoms in total. The highest BCUT2D eigenvalue weighted by Crippen LogP contribution is 2.27. The summed E-state index contributed by atoms with van der Waals surface area (Å²) in [6.07, 6.45) is 0. The van der Waals surface area contributed by atoms with Gasteiger partial charge in [0.2, 0.25) is 0 Å². The molecular weight excluding hydrogens is 534 g/mol. The molecule has 41 heavy (non-hydrogen) atoms. The number of carbonyl (C=O) groups excluding carboxylic acids is 2. The molecule has 1 heterocycles. The van der Waals surface area contributed by atoms with Crippen LogP contribution < -0.4 is 10.6 Å². The Kier molecular flexibility index (Phi) is 8.33. The van der Waals surface area contributed by atoms with Gasteiger partial charge in [-0.05, 0) is 84.6 Å². The van der Waals surface area contributed by atoms with Crippen molar-refractivity contribution in [3.05, 3.63) is 119 Å². The second kappa shape index (κ2) is 12.1. The molecule has 4 aromatic carbocycles. The molecule has 0 aliphatic carbocycles. The highest BCUT2D eigenvalue weighted by molar-refractivity contribution is 7.91. The molecule has 4 aromatic rings. The number of anilines is 2. The number of nitrogens with one attached hydrogen (secondary N) is 2. The first-order valence-corrected chi connectivity index (χ1v) is 15.4. The second-order valence-electron chi connectivity index (χ2n) is 10.5. The molecule has 8 heteroatoms. The predicted molar refractivity (Wildman–Crippen MR) is 164 cm³/mol. The van der Waals surface area contributed by atoms with Crippen molar-refractivity contribution in [1.82, 2.24) is 4.90 Å². The van der Waals surface area contributed by atoms with E-state index in [-0.39, 0.29) is 23.3 Å². The van der Waals surface area contributed by atoms with Crippen molar-refractivity contribution >= 4 is 33.0 Å². The van der Waals surface area contributed by atoms with Crippen molar-refractivity contribution in [2.45, 2.75) is 20.4 Å². The smallest absolute Gasteiger partial charge is 0.255 e. The van der Waals surface area contributed by atoms with Crippen LogP contribution in [0.15, 0.2) is 91.0 Å². The van der Waals surface area contributed by atoms with Gasteiger partial charge in [-0.25, -0.2) is 8.42 Å². The number of amides is 2. The van der Waals surface area contributed by atoms with Crippen LogP contribution in [0.4, 0.5) is 11.4 Å². The van der Waals surface area contributed by atoms with Crippen molar-refractivity contribution in [3.8, 4) is 11.1 Å². The molecule has 1 aliphatic heterocycles. The Morgan fingerprint density at radius 1 is 0.707 bits per heavy atom. The van der Waals surface area contributed by atoms with Gasteiger partial charge in [-0.2, -0.15) is 0 Å². The summed E-state index contributed by atoms with van der Waals surface area (Å²) < 4.78 is 23.3. The molecule has 1 aliphatic rings. The fourth-order valence-corrected chi connectivity index (χ4v) is 6.06. The van der Waals surface area contributed by atoms with Crippen LogP contribution in [-0.2, 0) is 16.4 Å². The van der Waals surface area contributed by atoms with Crippen molar-refractivity contribution in [1.29, 1.82) is 0 Å². The zero-order chi connectivity index (χ0) is 29.0. The van der Waals surface area contributed by atoms with Crippen LogP contribution >= 0.6 is 0 Å². The van der Waals surface area contributed by atoms with Gasteiger partial charge in [0.05, 0.1) is 11.5 Å². The van der Waals surface area contributed by atoms with Gasteiger partial charge in [0.25, 0.3) is 11.8 Å². The molecule has 0 aromatic heterocycles. The van der Waals surface area contributed by atoms with Gasteiger partial charge in [-0.1, -0.05) is 48.0 Å². The highest BCUT2D eigenvalue weighted by Gasteiger charge is 2.21. The minimum absolute atomic E-state index is 0.165. The van der Waals surface area contributed by atoms with E-state index in [1.54, 1.807) is 12.1 Å². The van der Waals surface area contributed by atoms with Gasteiger partial charge in [0.15, 0.2) is 9.84 Å². The number of benzene rings is 4. The predicted octanol–water partition coefficient (Wildman–Crippen LogP) is 5.71. The summed E-state index contributed by atoms with van der Waals surface area (Å²) in [6, 6.07) is 28.3. The quantitative estimate of drug-likeness (QED) is 0.299. The maximum absolute atomic E-state index is 12.9. The normalized spacial score (nSPS) is 14.8. The van der Waals surface area contributed by atoms with E-state index in [9.17, 15) is 18.0 Å². The lowest BCUT2D eigenvalue weighted by Gasteiger charge is -2.26. The molecule has 5 rings (SSSR count). The first-order valence-electron chi connectivity index (χ1n) is 13.6. The minimum atomic E-state index is -2.90. The van der Waals surface area contributed by atoms with Gasteiger partial charge >= 0.3 is 0 Å². The van der Waals surface area contributed by atoms with E-state index in [1.165, 1.54) is 0 Å². The van der Waals surface area contributed by atoms with Crippen LogP contribution in [-0.4, -0.2) is 49.7 Å². The summed E-state index contributed by atoms with van der Waals surface area (Å²) in [5.41, 5.74) is 7.67. The number of nitrogens with zero attached hydrogens (tertiary/aromatic N) is 1. The molecule has 1 saturated heterocycles. The maximum atomic E-state index is 12.9. The minimum Gasteiger partial charge on any atom is -0.322 e. The summed E-state index contributed by atoms with van der Waals surface area (Å²) in [4.78, 5) is 27.7. The van der Waals surface area contributed by atoms with Crippen LogP contribution in [0.2, 0.25) is 0 Å². The van der Waals surface area contributed by atoms with Crippen LogP contribution in [0, 0.1) is 13.8 Å². The zero-order valence-electron chi connectivity index (χ0n) is 23.2. The van der Waals surface area contributed by atoms with Crippen LogP contribution in [0.25, 0.3) is 11.1 Å². The van der Waals surface area contributed by atoms with Crippen LogP contribution in [0.3, 0.4) is 0 Å². The SMILES string of the molecule is Cc1ccc(C(=O)Nc2ccc(C)c(-c3ccc(C(=O)Nc4ccc(CN5CCS(=O)(=O)CC5)cc4)cc3)c2)cc1. The van der Waals surface area contributed by atoms with E-state index in [1.807, 2.05) is 92.7 Å². The monoisotopic (exact) mass is 567 g/mol. The van der Waals surface area contributed by atoms with E-state index in [2.05, 4.69) is 15.5 Å². The molecule has 1 fully saturated rings. The average molecular weight is 568 g/mol. The lowest BCUT2D eigenvalue weighted by atomic mass is 9.98. The Labute approximate surface area is 241 Å². The molecule has 2 N–H and O–H groups in total. The number of aryl methyl sites for hydroxylation is 2. The van der Waals surface area contributed by atoms with Gasteiger partial charge in [0.1, 0.15) is 0 Å². The standard InChI is InChI=1S/C33H33N3O4S/c1-23-3-8-27(9-4-23)33(38)35-30-14-5-24(2)31(21-30)26-10-12-28(13-11-26)32(37)34-29-15-6-25(7-16-29)22-36-17-19-41(39,40)20-18-36/h3-16,21H,17-20,22H2,1-2H3,(H,34,37)(H,35,38). The van der Waals surface area contributed by atoms with Crippen LogP contribution in [0.1, 0.15) is 37.4 Å². The molecule has 0 spiro atoms. The summed E-state index contributed by atoms with van der Waals surface area (Å²) in [5, 5.41) is 5.91. The third-order valence-electron chi connectivity index (χ3n) is 7.32. The molecule has 210 valence electrons. The van der Waals surface area contributed by atoms with E-state index < -0.39 is 9.84 Å². The molecule has 0 unspecified atom stereocenters. The third kappa shape index (κ3) is 7.28. The molecule has 0 saturated carbocycles. The number of hydrogen-bond acceptors (Lipinski definition) is 5. The number of hydrogen-bond donors (Lipinski definition) is 2. The molecule has 0 bridgehead atoms. The van der Waals surface area contributed by atoms with Crippen molar-refractivity contribution < 1.29 is 18.0 Å². The highest BCUT2D eigenvalue weighted by atomic mass is 32.2. The topological polar surface area (TPSA) is 95.6 Å². The molecule has 0 radical (unpaired) electrons. The Bertz CT molecular complexity index is 1650. The number of rotatable bonds is 7. The largest absolute Gasteiger partial charge is 0.322 e. The average Bonchev–Trinajstić information content (AvgIpc) is 2.96. The van der Waals surface area contributed by atoms with E-state index in [4.69, 9.17) is 0 Å². The molecule has 2 amide bonds. The van der Waals surface area contributed by atoms with E-state index in [0.717, 1.165) is 27.8 Å². The molecular formula is C33H33N3O4S. The van der Waals surface area contributed by atoms with Gasteiger partial charge in [0, 0.05) is 42.1 Å². The summed E-state index contributed by atoms with van der Waals surface area (Å²) >= 11 is 0. The zero-order valence-corrected chi connectivity index (χ0v) is 24.0. The fourth-order valence-electron chi connectivity index (χ4n) is 4.78. The first-order chi connectivity index (χ1) is 19.6. The van der Waals surface area contributed by atoms with Crippen molar-refractivity contribution in [2.24, 2.45) is 0 Å². The lowest BCUT2D eigenvalue weighted by molar-refractivity contribution is 0.101. The Balaban J connectivity index is 1.20. The fraction of sp³-hybridized carbons (Fsp3) is 0.212. The maximum Gasteiger partial charge on any atom is 0.255 e. The Morgan fingerprint density at radius 2 is 1.24 bits per heavy atom. The Hall–Kier alpha value is -4.27.